The van der Waals surface area contributed by atoms with Crippen LogP contribution in [-0.2, 0) is 6.42 Å². The van der Waals surface area contributed by atoms with Crippen LogP contribution in [0.15, 0.2) is 18.2 Å². The van der Waals surface area contributed by atoms with Crippen molar-refractivity contribution in [2.75, 3.05) is 6.54 Å². The molecule has 0 bridgehead atoms. The van der Waals surface area contributed by atoms with Gasteiger partial charge in [0.1, 0.15) is 0 Å². The molecule has 0 aliphatic heterocycles. The smallest absolute Gasteiger partial charge is 0.0141 e. The molecule has 0 saturated heterocycles. The molecule has 1 aliphatic carbocycles. The molecule has 1 fully saturated rings. The molecule has 106 valence electrons. The van der Waals surface area contributed by atoms with E-state index in [0.717, 1.165) is 12.5 Å². The van der Waals surface area contributed by atoms with E-state index in [4.69, 9.17) is 0 Å². The predicted molar refractivity (Wildman–Crippen MR) is 83.6 cm³/mol. The van der Waals surface area contributed by atoms with E-state index in [1.165, 1.54) is 36.0 Å². The molecule has 1 aliphatic rings. The van der Waals surface area contributed by atoms with E-state index < -0.39 is 0 Å². The summed E-state index contributed by atoms with van der Waals surface area (Å²) in [5.41, 5.74) is 4.82. The van der Waals surface area contributed by atoms with Gasteiger partial charge >= 0.3 is 0 Å². The Morgan fingerprint density at radius 3 is 2.26 bits per heavy atom. The largest absolute Gasteiger partial charge is 0.313 e. The van der Waals surface area contributed by atoms with Crippen LogP contribution in [0.4, 0.5) is 0 Å². The molecule has 2 atom stereocenters. The summed E-state index contributed by atoms with van der Waals surface area (Å²) in [5.74, 6) is 0.847. The van der Waals surface area contributed by atoms with E-state index in [9.17, 15) is 0 Å². The Morgan fingerprint density at radius 2 is 1.79 bits per heavy atom. The Labute approximate surface area is 118 Å². The molecule has 2 unspecified atom stereocenters. The second kappa shape index (κ2) is 5.66. The number of hydrogen-bond donors (Lipinski definition) is 1. The zero-order chi connectivity index (χ0) is 14.0. The van der Waals surface area contributed by atoms with E-state index in [1.54, 1.807) is 0 Å². The van der Waals surface area contributed by atoms with Crippen LogP contribution >= 0.6 is 0 Å². The topological polar surface area (TPSA) is 12.0 Å². The van der Waals surface area contributed by atoms with Crippen molar-refractivity contribution < 1.29 is 0 Å². The monoisotopic (exact) mass is 259 g/mol. The van der Waals surface area contributed by atoms with Gasteiger partial charge in [0.15, 0.2) is 0 Å². The first-order chi connectivity index (χ1) is 8.92. The Balaban J connectivity index is 2.07. The van der Waals surface area contributed by atoms with Gasteiger partial charge in [-0.1, -0.05) is 50.1 Å². The van der Waals surface area contributed by atoms with Crippen LogP contribution < -0.4 is 5.32 Å². The molecule has 1 aromatic rings. The lowest BCUT2D eigenvalue weighted by Crippen LogP contribution is -2.35. The van der Waals surface area contributed by atoms with Gasteiger partial charge in [-0.05, 0) is 56.6 Å². The Kier molecular flexibility index (Phi) is 4.35. The van der Waals surface area contributed by atoms with Gasteiger partial charge in [-0.3, -0.25) is 0 Å². The Morgan fingerprint density at radius 1 is 1.21 bits per heavy atom. The number of hydrogen-bond acceptors (Lipinski definition) is 1. The highest BCUT2D eigenvalue weighted by Gasteiger charge is 2.49. The summed E-state index contributed by atoms with van der Waals surface area (Å²) in [4.78, 5) is 0. The van der Waals surface area contributed by atoms with Crippen LogP contribution in [0.3, 0.4) is 0 Å². The predicted octanol–water partition coefficient (Wildman–Crippen LogP) is 4.26. The first-order valence-corrected chi connectivity index (χ1v) is 7.73. The van der Waals surface area contributed by atoms with Crippen molar-refractivity contribution in [2.24, 2.45) is 11.3 Å². The average molecular weight is 259 g/mol. The number of aryl methyl sites for hydroxylation is 2. The van der Waals surface area contributed by atoms with E-state index in [-0.39, 0.29) is 0 Å². The van der Waals surface area contributed by atoms with Gasteiger partial charge in [0.2, 0.25) is 0 Å². The highest BCUT2D eigenvalue weighted by atomic mass is 14.9. The number of rotatable bonds is 6. The van der Waals surface area contributed by atoms with Gasteiger partial charge in [0.05, 0.1) is 0 Å². The minimum atomic E-state index is 0.546. The summed E-state index contributed by atoms with van der Waals surface area (Å²) < 4.78 is 0. The molecule has 0 amide bonds. The number of benzene rings is 1. The van der Waals surface area contributed by atoms with Gasteiger partial charge in [-0.25, -0.2) is 0 Å². The fraction of sp³-hybridized carbons (Fsp3) is 0.667. The normalized spacial score (nSPS) is 22.3. The lowest BCUT2D eigenvalue weighted by Gasteiger charge is -2.21. The third-order valence-electron chi connectivity index (χ3n) is 4.47. The highest BCUT2D eigenvalue weighted by Crippen LogP contribution is 2.54. The molecule has 0 spiro atoms. The van der Waals surface area contributed by atoms with Gasteiger partial charge in [-0.2, -0.15) is 0 Å². The Hall–Kier alpha value is -0.820. The first-order valence-electron chi connectivity index (χ1n) is 7.73. The maximum absolute atomic E-state index is 3.77. The van der Waals surface area contributed by atoms with Crippen LogP contribution in [0.5, 0.6) is 0 Å². The molecule has 1 nitrogen and oxygen atoms in total. The van der Waals surface area contributed by atoms with Crippen molar-refractivity contribution in [3.63, 3.8) is 0 Å². The van der Waals surface area contributed by atoms with Crippen LogP contribution in [0.2, 0.25) is 0 Å². The molecular weight excluding hydrogens is 230 g/mol. The zero-order valence-electron chi connectivity index (χ0n) is 13.2. The summed E-state index contributed by atoms with van der Waals surface area (Å²) in [6.45, 7) is 12.6. The second-order valence-electron chi connectivity index (χ2n) is 7.06. The van der Waals surface area contributed by atoms with Crippen molar-refractivity contribution in [3.05, 3.63) is 34.9 Å². The minimum absolute atomic E-state index is 0.546. The van der Waals surface area contributed by atoms with E-state index >= 15 is 0 Å². The quantitative estimate of drug-likeness (QED) is 0.805. The Bertz CT molecular complexity index is 413. The molecule has 2 rings (SSSR count). The van der Waals surface area contributed by atoms with E-state index in [2.05, 4.69) is 58.1 Å². The molecule has 1 saturated carbocycles. The van der Waals surface area contributed by atoms with Crippen molar-refractivity contribution in [2.45, 2.75) is 59.9 Å². The molecule has 19 heavy (non-hydrogen) atoms. The summed E-state index contributed by atoms with van der Waals surface area (Å²) in [5, 5.41) is 3.77. The molecule has 1 heteroatoms. The third kappa shape index (κ3) is 3.82. The number of nitrogens with one attached hydrogen (secondary N) is 1. The summed E-state index contributed by atoms with van der Waals surface area (Å²) >= 11 is 0. The van der Waals surface area contributed by atoms with Gasteiger partial charge in [0, 0.05) is 6.04 Å². The summed E-state index contributed by atoms with van der Waals surface area (Å²) in [6.07, 6.45) is 3.77. The van der Waals surface area contributed by atoms with E-state index in [1.807, 2.05) is 0 Å². The van der Waals surface area contributed by atoms with E-state index in [0.29, 0.717) is 11.5 Å². The standard InChI is InChI=1S/C18H29N/c1-6-7-19-17(16-12-18(16,4)5)11-15-9-13(2)8-14(3)10-15/h8-10,16-17,19H,6-7,11-12H2,1-5H3. The molecule has 0 heterocycles. The molecular formula is C18H29N. The average Bonchev–Trinajstić information content (AvgIpc) is 2.92. The molecule has 1 aromatic carbocycles. The molecule has 0 aromatic heterocycles. The lowest BCUT2D eigenvalue weighted by atomic mass is 9.95. The van der Waals surface area contributed by atoms with Crippen molar-refractivity contribution in [3.8, 4) is 0 Å². The van der Waals surface area contributed by atoms with Gasteiger partial charge in [0.25, 0.3) is 0 Å². The lowest BCUT2D eigenvalue weighted by molar-refractivity contribution is 0.402. The van der Waals surface area contributed by atoms with Crippen LogP contribution in [0.25, 0.3) is 0 Å². The fourth-order valence-corrected chi connectivity index (χ4v) is 3.32. The fourth-order valence-electron chi connectivity index (χ4n) is 3.32. The second-order valence-corrected chi connectivity index (χ2v) is 7.06. The van der Waals surface area contributed by atoms with Crippen LogP contribution in [0.1, 0.15) is 50.3 Å². The van der Waals surface area contributed by atoms with Crippen molar-refractivity contribution >= 4 is 0 Å². The van der Waals surface area contributed by atoms with Crippen LogP contribution in [0, 0.1) is 25.2 Å². The van der Waals surface area contributed by atoms with Crippen molar-refractivity contribution in [1.29, 1.82) is 0 Å². The highest BCUT2D eigenvalue weighted by molar-refractivity contribution is 5.29. The maximum atomic E-state index is 3.77. The zero-order valence-corrected chi connectivity index (χ0v) is 13.2. The van der Waals surface area contributed by atoms with Gasteiger partial charge in [-0.15, -0.1) is 0 Å². The maximum Gasteiger partial charge on any atom is 0.0141 e. The summed E-state index contributed by atoms with van der Waals surface area (Å²) in [6, 6.07) is 7.61. The van der Waals surface area contributed by atoms with Crippen LogP contribution in [-0.4, -0.2) is 12.6 Å². The molecule has 0 radical (unpaired) electrons. The third-order valence-corrected chi connectivity index (χ3v) is 4.47. The minimum Gasteiger partial charge on any atom is -0.313 e. The van der Waals surface area contributed by atoms with Gasteiger partial charge < -0.3 is 5.32 Å². The SMILES string of the molecule is CCCNC(Cc1cc(C)cc(C)c1)C1CC1(C)C. The first kappa shape index (κ1) is 14.6. The molecule has 1 N–H and O–H groups in total. The van der Waals surface area contributed by atoms with Crippen molar-refractivity contribution in [1.82, 2.24) is 5.32 Å². The summed E-state index contributed by atoms with van der Waals surface area (Å²) in [7, 11) is 0.